The molecule has 1 aliphatic rings. The molecule has 1 fully saturated rings. The summed E-state index contributed by atoms with van der Waals surface area (Å²) in [5.74, 6) is 7.07. The molecule has 1 saturated heterocycles. The maximum Gasteiger partial charge on any atom is 0.167 e. The van der Waals surface area contributed by atoms with Gasteiger partial charge in [-0.25, -0.2) is 9.37 Å². The Morgan fingerprint density at radius 3 is 2.61 bits per heavy atom. The van der Waals surface area contributed by atoms with Crippen molar-refractivity contribution in [1.29, 1.82) is 0 Å². The van der Waals surface area contributed by atoms with Crippen molar-refractivity contribution in [3.8, 4) is 23.3 Å². The second-order valence-electron chi connectivity index (χ2n) is 6.51. The van der Waals surface area contributed by atoms with Gasteiger partial charge >= 0.3 is 0 Å². The molecule has 1 atom stereocenters. The molecule has 0 saturated carbocycles. The topological polar surface area (TPSA) is 87.2 Å². The van der Waals surface area contributed by atoms with Crippen molar-refractivity contribution in [3.63, 3.8) is 0 Å². The van der Waals surface area contributed by atoms with Gasteiger partial charge in [-0.05, 0) is 31.0 Å². The van der Waals surface area contributed by atoms with Gasteiger partial charge in [-0.1, -0.05) is 5.92 Å². The number of rotatable bonds is 3. The van der Waals surface area contributed by atoms with Gasteiger partial charge in [-0.2, -0.15) is 5.10 Å². The van der Waals surface area contributed by atoms with Crippen molar-refractivity contribution < 1.29 is 13.9 Å². The summed E-state index contributed by atoms with van der Waals surface area (Å²) < 4.78 is 26.8. The van der Waals surface area contributed by atoms with E-state index < -0.39 is 5.82 Å². The Labute approximate surface area is 161 Å². The summed E-state index contributed by atoms with van der Waals surface area (Å²) in [6.45, 7) is 1.58. The van der Waals surface area contributed by atoms with E-state index in [-0.39, 0.29) is 11.9 Å². The van der Waals surface area contributed by atoms with Crippen LogP contribution in [0.4, 0.5) is 10.2 Å². The van der Waals surface area contributed by atoms with Crippen molar-refractivity contribution in [3.05, 3.63) is 41.5 Å². The highest BCUT2D eigenvalue weighted by Crippen LogP contribution is 2.29. The standard InChI is InChI=1S/C20H20FN5O2/c1-27-14-7-12(8-15(9-14)28-2)3-4-17-18-19(16(21)11-24-20(18)22)26(25-17)13-5-6-23-10-13/h7-9,11,13,23H,5-6,10H2,1-2H3,(H2,22,24)/t13-/m0/s1. The van der Waals surface area contributed by atoms with Gasteiger partial charge in [0.25, 0.3) is 0 Å². The highest BCUT2D eigenvalue weighted by atomic mass is 19.1. The Hall–Kier alpha value is -3.31. The van der Waals surface area contributed by atoms with Crippen molar-refractivity contribution >= 4 is 16.7 Å². The maximum absolute atomic E-state index is 14.6. The van der Waals surface area contributed by atoms with E-state index in [1.165, 1.54) is 0 Å². The molecule has 144 valence electrons. The molecule has 4 rings (SSSR count). The second-order valence-corrected chi connectivity index (χ2v) is 6.51. The first-order chi connectivity index (χ1) is 13.6. The zero-order chi connectivity index (χ0) is 19.7. The van der Waals surface area contributed by atoms with E-state index in [1.807, 2.05) is 0 Å². The SMILES string of the molecule is COc1cc(C#Cc2nn([C@H]3CCNC3)c3c(F)cnc(N)c23)cc(OC)c1. The highest BCUT2D eigenvalue weighted by molar-refractivity contribution is 5.93. The summed E-state index contributed by atoms with van der Waals surface area (Å²) in [4.78, 5) is 3.94. The fourth-order valence-electron chi connectivity index (χ4n) is 3.37. The highest BCUT2D eigenvalue weighted by Gasteiger charge is 2.24. The van der Waals surface area contributed by atoms with Crippen molar-refractivity contribution in [2.75, 3.05) is 33.0 Å². The van der Waals surface area contributed by atoms with Crippen LogP contribution in [0.3, 0.4) is 0 Å². The molecule has 28 heavy (non-hydrogen) atoms. The fraction of sp³-hybridized carbons (Fsp3) is 0.300. The van der Waals surface area contributed by atoms with Gasteiger partial charge in [0.15, 0.2) is 5.82 Å². The van der Waals surface area contributed by atoms with Gasteiger partial charge in [0.2, 0.25) is 0 Å². The number of benzene rings is 1. The first-order valence-electron chi connectivity index (χ1n) is 8.88. The van der Waals surface area contributed by atoms with E-state index in [0.29, 0.717) is 33.7 Å². The number of anilines is 1. The number of nitrogens with zero attached hydrogens (tertiary/aromatic N) is 3. The number of hydrogen-bond acceptors (Lipinski definition) is 6. The van der Waals surface area contributed by atoms with Crippen LogP contribution in [0, 0.1) is 17.7 Å². The summed E-state index contributed by atoms with van der Waals surface area (Å²) in [6.07, 6.45) is 1.99. The average molecular weight is 381 g/mol. The Balaban J connectivity index is 1.85. The number of nitrogens with two attached hydrogens (primary N) is 1. The van der Waals surface area contributed by atoms with Gasteiger partial charge in [-0.15, -0.1) is 0 Å². The molecule has 3 N–H and O–H groups in total. The monoisotopic (exact) mass is 381 g/mol. The number of halogens is 1. The first kappa shape index (κ1) is 18.1. The quantitative estimate of drug-likeness (QED) is 0.676. The largest absolute Gasteiger partial charge is 0.497 e. The van der Waals surface area contributed by atoms with Crippen LogP contribution in [-0.2, 0) is 0 Å². The molecule has 0 aliphatic carbocycles. The van der Waals surface area contributed by atoms with Gasteiger partial charge in [-0.3, -0.25) is 4.68 Å². The van der Waals surface area contributed by atoms with Crippen LogP contribution in [0.25, 0.3) is 10.9 Å². The van der Waals surface area contributed by atoms with E-state index in [0.717, 1.165) is 25.7 Å². The molecule has 3 heterocycles. The summed E-state index contributed by atoms with van der Waals surface area (Å²) in [5.41, 5.74) is 7.47. The smallest absolute Gasteiger partial charge is 0.167 e. The molecule has 0 radical (unpaired) electrons. The number of pyridine rings is 1. The lowest BCUT2D eigenvalue weighted by Crippen LogP contribution is -2.15. The minimum atomic E-state index is -0.459. The fourth-order valence-corrected chi connectivity index (χ4v) is 3.37. The maximum atomic E-state index is 14.6. The lowest BCUT2D eigenvalue weighted by atomic mass is 10.1. The molecule has 3 aromatic rings. The Morgan fingerprint density at radius 2 is 1.96 bits per heavy atom. The molecular formula is C20H20FN5O2. The lowest BCUT2D eigenvalue weighted by Gasteiger charge is -2.10. The number of hydrogen-bond donors (Lipinski definition) is 2. The van der Waals surface area contributed by atoms with Crippen LogP contribution < -0.4 is 20.5 Å². The van der Waals surface area contributed by atoms with E-state index in [9.17, 15) is 4.39 Å². The third-order valence-electron chi connectivity index (χ3n) is 4.77. The number of nitrogens with one attached hydrogen (secondary N) is 1. The molecule has 2 aromatic heterocycles. The number of nitrogen functional groups attached to an aromatic ring is 1. The Kier molecular flexibility index (Phi) is 4.75. The molecular weight excluding hydrogens is 361 g/mol. The zero-order valence-corrected chi connectivity index (χ0v) is 15.6. The number of ether oxygens (including phenoxy) is 2. The third-order valence-corrected chi connectivity index (χ3v) is 4.77. The van der Waals surface area contributed by atoms with Gasteiger partial charge in [0.05, 0.1) is 31.8 Å². The third kappa shape index (κ3) is 3.21. The van der Waals surface area contributed by atoms with Crippen LogP contribution in [0.2, 0.25) is 0 Å². The van der Waals surface area contributed by atoms with E-state index >= 15 is 0 Å². The Bertz CT molecular complexity index is 1070. The van der Waals surface area contributed by atoms with Crippen molar-refractivity contribution in [2.45, 2.75) is 12.5 Å². The molecule has 0 amide bonds. The lowest BCUT2D eigenvalue weighted by molar-refractivity contribution is 0.394. The van der Waals surface area contributed by atoms with Crippen LogP contribution in [0.1, 0.15) is 23.7 Å². The van der Waals surface area contributed by atoms with E-state index in [2.05, 4.69) is 27.2 Å². The predicted octanol–water partition coefficient (Wildman–Crippen LogP) is 2.10. The normalized spacial score (nSPS) is 16.0. The minimum absolute atomic E-state index is 0.0475. The van der Waals surface area contributed by atoms with Crippen LogP contribution in [0.15, 0.2) is 24.4 Å². The minimum Gasteiger partial charge on any atom is -0.497 e. The van der Waals surface area contributed by atoms with Crippen LogP contribution >= 0.6 is 0 Å². The molecule has 8 heteroatoms. The Morgan fingerprint density at radius 1 is 1.21 bits per heavy atom. The average Bonchev–Trinajstić information content (AvgIpc) is 3.37. The molecule has 1 aliphatic heterocycles. The van der Waals surface area contributed by atoms with Crippen LogP contribution in [-0.4, -0.2) is 42.1 Å². The number of fused-ring (bicyclic) bond motifs is 1. The number of methoxy groups -OCH3 is 2. The molecule has 0 spiro atoms. The van der Waals surface area contributed by atoms with Gasteiger partial charge < -0.3 is 20.5 Å². The number of aromatic nitrogens is 3. The van der Waals surface area contributed by atoms with Gasteiger partial charge in [0, 0.05) is 18.2 Å². The van der Waals surface area contributed by atoms with E-state index in [4.69, 9.17) is 15.2 Å². The van der Waals surface area contributed by atoms with Crippen molar-refractivity contribution in [2.24, 2.45) is 0 Å². The summed E-state index contributed by atoms with van der Waals surface area (Å²) >= 11 is 0. The predicted molar refractivity (Wildman–Crippen MR) is 104 cm³/mol. The summed E-state index contributed by atoms with van der Waals surface area (Å²) in [7, 11) is 3.15. The van der Waals surface area contributed by atoms with Crippen LogP contribution in [0.5, 0.6) is 11.5 Å². The second kappa shape index (κ2) is 7.37. The molecule has 7 nitrogen and oxygen atoms in total. The van der Waals surface area contributed by atoms with Gasteiger partial charge in [0.1, 0.15) is 28.5 Å². The summed E-state index contributed by atoms with van der Waals surface area (Å²) in [6, 6.07) is 5.39. The molecule has 1 aromatic carbocycles. The van der Waals surface area contributed by atoms with Crippen molar-refractivity contribution in [1.82, 2.24) is 20.1 Å². The molecule has 0 unspecified atom stereocenters. The van der Waals surface area contributed by atoms with E-state index in [1.54, 1.807) is 37.1 Å². The first-order valence-corrected chi connectivity index (χ1v) is 8.88. The summed E-state index contributed by atoms with van der Waals surface area (Å²) in [5, 5.41) is 8.28. The zero-order valence-electron chi connectivity index (χ0n) is 15.6. The molecule has 0 bridgehead atoms.